The van der Waals surface area contributed by atoms with Gasteiger partial charge in [-0.1, -0.05) is 17.7 Å². The van der Waals surface area contributed by atoms with Crippen LogP contribution < -0.4 is 10.1 Å². The van der Waals surface area contributed by atoms with Crippen LogP contribution in [0.5, 0.6) is 5.75 Å². The number of nitrogens with one attached hydrogen (secondary N) is 1. The molecule has 0 saturated carbocycles. The van der Waals surface area contributed by atoms with Gasteiger partial charge in [0.2, 0.25) is 0 Å². The first-order valence-electron chi connectivity index (χ1n) is 7.54. The molecule has 7 heteroatoms. The molecule has 0 saturated heterocycles. The van der Waals surface area contributed by atoms with Crippen LogP contribution in [0.1, 0.15) is 13.8 Å². The van der Waals surface area contributed by atoms with E-state index in [4.69, 9.17) is 21.1 Å². The lowest BCUT2D eigenvalue weighted by atomic mass is 10.3. The first-order valence-corrected chi connectivity index (χ1v) is 7.92. The number of amides is 1. The number of esters is 1. The van der Waals surface area contributed by atoms with Gasteiger partial charge in [0.25, 0.3) is 5.91 Å². The van der Waals surface area contributed by atoms with Gasteiger partial charge >= 0.3 is 5.97 Å². The molecule has 0 fully saturated rings. The number of halogens is 2. The molecule has 0 spiro atoms. The minimum absolute atomic E-state index is 0.321. The van der Waals surface area contributed by atoms with Crippen molar-refractivity contribution in [3.8, 4) is 5.75 Å². The van der Waals surface area contributed by atoms with E-state index in [2.05, 4.69) is 5.32 Å². The third-order valence-electron chi connectivity index (χ3n) is 3.21. The highest BCUT2D eigenvalue weighted by Crippen LogP contribution is 2.16. The highest BCUT2D eigenvalue weighted by atomic mass is 35.5. The molecular weight excluding hydrogens is 349 g/mol. The largest absolute Gasteiger partial charge is 0.479 e. The van der Waals surface area contributed by atoms with Gasteiger partial charge < -0.3 is 14.8 Å². The number of benzene rings is 2. The maximum Gasteiger partial charge on any atom is 0.347 e. The Morgan fingerprint density at radius 3 is 2.40 bits per heavy atom. The van der Waals surface area contributed by atoms with Gasteiger partial charge in [-0.05, 0) is 56.3 Å². The molecule has 0 aliphatic heterocycles. The van der Waals surface area contributed by atoms with E-state index < -0.39 is 29.9 Å². The Bertz CT molecular complexity index is 751. The summed E-state index contributed by atoms with van der Waals surface area (Å²) in [5.74, 6) is -1.29. The van der Waals surface area contributed by atoms with Crippen molar-refractivity contribution in [2.24, 2.45) is 0 Å². The molecule has 0 bridgehead atoms. The molecule has 1 N–H and O–H groups in total. The first-order chi connectivity index (χ1) is 11.8. The number of carbonyl (C=O) groups excluding carboxylic acids is 2. The molecule has 0 aliphatic rings. The van der Waals surface area contributed by atoms with Crippen LogP contribution in [-0.2, 0) is 14.3 Å². The van der Waals surface area contributed by atoms with Gasteiger partial charge in [-0.15, -0.1) is 0 Å². The van der Waals surface area contributed by atoms with Gasteiger partial charge in [-0.2, -0.15) is 0 Å². The molecule has 0 unspecified atom stereocenters. The number of hydrogen-bond acceptors (Lipinski definition) is 4. The average Bonchev–Trinajstić information content (AvgIpc) is 2.56. The minimum atomic E-state index is -1.02. The van der Waals surface area contributed by atoms with E-state index in [1.165, 1.54) is 38.1 Å². The van der Waals surface area contributed by atoms with E-state index in [9.17, 15) is 14.0 Å². The molecule has 2 aromatic carbocycles. The molecule has 0 aliphatic carbocycles. The van der Waals surface area contributed by atoms with Crippen LogP contribution in [0.2, 0.25) is 5.02 Å². The second-order valence-corrected chi connectivity index (χ2v) is 5.73. The Kier molecular flexibility index (Phi) is 6.36. The lowest BCUT2D eigenvalue weighted by Crippen LogP contribution is -2.35. The van der Waals surface area contributed by atoms with Crippen LogP contribution in [0.3, 0.4) is 0 Å². The minimum Gasteiger partial charge on any atom is -0.479 e. The van der Waals surface area contributed by atoms with E-state index in [1.807, 2.05) is 0 Å². The fraction of sp³-hybridized carbons (Fsp3) is 0.222. The summed E-state index contributed by atoms with van der Waals surface area (Å²) in [6.45, 7) is 2.93. The van der Waals surface area contributed by atoms with Crippen LogP contribution in [0.15, 0.2) is 48.5 Å². The van der Waals surface area contributed by atoms with Gasteiger partial charge in [0.15, 0.2) is 12.2 Å². The van der Waals surface area contributed by atoms with Crippen molar-refractivity contribution in [2.75, 3.05) is 5.32 Å². The summed E-state index contributed by atoms with van der Waals surface area (Å²) in [5.41, 5.74) is 0.496. The number of rotatable bonds is 6. The Balaban J connectivity index is 1.87. The number of carbonyl (C=O) groups is 2. The quantitative estimate of drug-likeness (QED) is 0.790. The molecule has 1 amide bonds. The van der Waals surface area contributed by atoms with Gasteiger partial charge in [0, 0.05) is 10.7 Å². The fourth-order valence-corrected chi connectivity index (χ4v) is 2.09. The van der Waals surface area contributed by atoms with Crippen LogP contribution in [0.25, 0.3) is 0 Å². The Morgan fingerprint density at radius 1 is 1.08 bits per heavy atom. The van der Waals surface area contributed by atoms with E-state index in [0.717, 1.165) is 0 Å². The van der Waals surface area contributed by atoms with Crippen molar-refractivity contribution in [3.63, 3.8) is 0 Å². The topological polar surface area (TPSA) is 64.6 Å². The van der Waals surface area contributed by atoms with E-state index >= 15 is 0 Å². The molecule has 2 atom stereocenters. The molecule has 25 heavy (non-hydrogen) atoms. The van der Waals surface area contributed by atoms with Crippen molar-refractivity contribution in [2.45, 2.75) is 26.1 Å². The molecule has 0 heterocycles. The van der Waals surface area contributed by atoms with Crippen molar-refractivity contribution in [1.82, 2.24) is 0 Å². The van der Waals surface area contributed by atoms with E-state index in [1.54, 1.807) is 24.3 Å². The number of anilines is 1. The smallest absolute Gasteiger partial charge is 0.347 e. The van der Waals surface area contributed by atoms with Crippen LogP contribution >= 0.6 is 11.6 Å². The summed E-state index contributed by atoms with van der Waals surface area (Å²) in [5, 5.41) is 3.08. The van der Waals surface area contributed by atoms with Gasteiger partial charge in [0.1, 0.15) is 11.6 Å². The fourth-order valence-electron chi connectivity index (χ4n) is 1.90. The van der Waals surface area contributed by atoms with Crippen LogP contribution in [0, 0.1) is 5.82 Å². The zero-order valence-corrected chi connectivity index (χ0v) is 14.4. The zero-order valence-electron chi connectivity index (χ0n) is 13.7. The SMILES string of the molecule is C[C@H](OC(=O)[C@@H](C)Oc1ccc(F)cc1)C(=O)Nc1cccc(Cl)c1. The summed E-state index contributed by atoms with van der Waals surface area (Å²) in [4.78, 5) is 24.1. The van der Waals surface area contributed by atoms with Crippen LogP contribution in [-0.4, -0.2) is 24.1 Å². The lowest BCUT2D eigenvalue weighted by molar-refractivity contribution is -0.159. The molecule has 5 nitrogen and oxygen atoms in total. The zero-order chi connectivity index (χ0) is 18.4. The van der Waals surface area contributed by atoms with E-state index in [0.29, 0.717) is 16.5 Å². The summed E-state index contributed by atoms with van der Waals surface area (Å²) in [6.07, 6.45) is -1.97. The highest BCUT2D eigenvalue weighted by molar-refractivity contribution is 6.30. The molecule has 132 valence electrons. The summed E-state index contributed by atoms with van der Waals surface area (Å²) in [7, 11) is 0. The Hall–Kier alpha value is -2.60. The lowest BCUT2D eigenvalue weighted by Gasteiger charge is -2.18. The number of hydrogen-bond donors (Lipinski definition) is 1. The summed E-state index contributed by atoms with van der Waals surface area (Å²) in [6, 6.07) is 11.8. The number of ether oxygens (including phenoxy) is 2. The second-order valence-electron chi connectivity index (χ2n) is 5.29. The maximum absolute atomic E-state index is 12.8. The normalized spacial score (nSPS) is 12.8. The molecule has 2 rings (SSSR count). The van der Waals surface area contributed by atoms with Crippen LogP contribution in [0.4, 0.5) is 10.1 Å². The Morgan fingerprint density at radius 2 is 1.76 bits per heavy atom. The monoisotopic (exact) mass is 365 g/mol. The maximum atomic E-state index is 12.8. The average molecular weight is 366 g/mol. The Labute approximate surface area is 149 Å². The van der Waals surface area contributed by atoms with Gasteiger partial charge in [-0.3, -0.25) is 4.79 Å². The molecule has 2 aromatic rings. The predicted octanol–water partition coefficient (Wildman–Crippen LogP) is 3.82. The van der Waals surface area contributed by atoms with Gasteiger partial charge in [-0.25, -0.2) is 9.18 Å². The third kappa shape index (κ3) is 5.76. The highest BCUT2D eigenvalue weighted by Gasteiger charge is 2.23. The van der Waals surface area contributed by atoms with Crippen molar-refractivity contribution in [3.05, 3.63) is 59.4 Å². The predicted molar refractivity (Wildman–Crippen MR) is 92.1 cm³/mol. The second kappa shape index (κ2) is 8.48. The standard InChI is InChI=1S/C18H17ClFNO4/c1-11(17(22)21-15-5-3-4-13(19)10-15)25-18(23)12(2)24-16-8-6-14(20)7-9-16/h3-12H,1-2H3,(H,21,22)/t11-,12+/m0/s1. The van der Waals surface area contributed by atoms with Crippen molar-refractivity contribution >= 4 is 29.2 Å². The van der Waals surface area contributed by atoms with Crippen molar-refractivity contribution < 1.29 is 23.5 Å². The molecule has 0 radical (unpaired) electrons. The molecule has 0 aromatic heterocycles. The third-order valence-corrected chi connectivity index (χ3v) is 3.45. The van der Waals surface area contributed by atoms with Crippen molar-refractivity contribution in [1.29, 1.82) is 0 Å². The molecular formula is C18H17ClFNO4. The summed E-state index contributed by atoms with van der Waals surface area (Å²) < 4.78 is 23.3. The van der Waals surface area contributed by atoms with E-state index in [-0.39, 0.29) is 0 Å². The summed E-state index contributed by atoms with van der Waals surface area (Å²) >= 11 is 5.84. The first kappa shape index (κ1) is 18.7. The van der Waals surface area contributed by atoms with Gasteiger partial charge in [0.05, 0.1) is 0 Å².